The fraction of sp³-hybridized carbons (Fsp3) is 0.471. The third-order valence-electron chi connectivity index (χ3n) is 5.19. The van der Waals surface area contributed by atoms with Crippen LogP contribution >= 0.6 is 12.4 Å². The van der Waals surface area contributed by atoms with Crippen LogP contribution in [0.4, 0.5) is 0 Å². The number of carbonyl (C=O) groups excluding carboxylic acids is 1. The Hall–Kier alpha value is -1.52. The summed E-state index contributed by atoms with van der Waals surface area (Å²) in [5.74, 6) is 0.639. The Balaban J connectivity index is 0.00000144. The minimum Gasteiger partial charge on any atom is -0.464 e. The topological polar surface area (TPSA) is 45.5 Å². The van der Waals surface area contributed by atoms with Crippen LogP contribution in [0.25, 0.3) is 11.0 Å². The first-order valence-electron chi connectivity index (χ1n) is 7.74. The summed E-state index contributed by atoms with van der Waals surface area (Å²) in [7, 11) is 0. The smallest absolute Gasteiger partial charge is 0.251 e. The molecule has 0 aliphatic carbocycles. The van der Waals surface area contributed by atoms with Crippen LogP contribution in [0.3, 0.4) is 0 Å². The van der Waals surface area contributed by atoms with Crippen molar-refractivity contribution in [2.24, 2.45) is 5.92 Å². The van der Waals surface area contributed by atoms with Gasteiger partial charge in [0.2, 0.25) is 0 Å². The average Bonchev–Trinajstić information content (AvgIpc) is 2.98. The fourth-order valence-corrected chi connectivity index (χ4v) is 3.88. The highest BCUT2D eigenvalue weighted by Gasteiger charge is 2.40. The monoisotopic (exact) mass is 320 g/mol. The molecule has 0 unspecified atom stereocenters. The molecule has 3 aliphatic rings. The maximum Gasteiger partial charge on any atom is 0.251 e. The second-order valence-electron chi connectivity index (χ2n) is 6.29. The fourth-order valence-electron chi connectivity index (χ4n) is 3.88. The van der Waals surface area contributed by atoms with Gasteiger partial charge in [0.25, 0.3) is 5.91 Å². The molecule has 118 valence electrons. The van der Waals surface area contributed by atoms with E-state index in [1.807, 2.05) is 24.3 Å². The van der Waals surface area contributed by atoms with Gasteiger partial charge in [-0.3, -0.25) is 9.69 Å². The lowest BCUT2D eigenvalue weighted by Crippen LogP contribution is -2.62. The van der Waals surface area contributed by atoms with Gasteiger partial charge in [0, 0.05) is 23.0 Å². The number of piperidine rings is 3. The van der Waals surface area contributed by atoms with Crippen LogP contribution in [0, 0.1) is 5.92 Å². The number of amides is 1. The summed E-state index contributed by atoms with van der Waals surface area (Å²) in [6, 6.07) is 8.26. The third-order valence-corrected chi connectivity index (χ3v) is 5.19. The van der Waals surface area contributed by atoms with Crippen molar-refractivity contribution >= 4 is 29.3 Å². The Morgan fingerprint density at radius 1 is 1.27 bits per heavy atom. The lowest BCUT2D eigenvalue weighted by Gasteiger charge is -2.49. The number of rotatable bonds is 2. The molecule has 1 amide bonds. The molecule has 0 radical (unpaired) electrons. The molecule has 22 heavy (non-hydrogen) atoms. The molecule has 1 N–H and O–H groups in total. The van der Waals surface area contributed by atoms with E-state index in [2.05, 4.69) is 17.1 Å². The van der Waals surface area contributed by atoms with Crippen molar-refractivity contribution in [3.05, 3.63) is 36.1 Å². The molecular formula is C17H21ClN2O2. The van der Waals surface area contributed by atoms with Gasteiger partial charge in [0.1, 0.15) is 5.58 Å². The quantitative estimate of drug-likeness (QED) is 0.925. The number of nitrogens with one attached hydrogen (secondary N) is 1. The number of fused-ring (bicyclic) bond motifs is 4. The minimum absolute atomic E-state index is 0. The lowest BCUT2D eigenvalue weighted by atomic mass is 9.79. The van der Waals surface area contributed by atoms with Gasteiger partial charge in [0.05, 0.1) is 6.26 Å². The van der Waals surface area contributed by atoms with Crippen LogP contribution in [0.2, 0.25) is 0 Å². The van der Waals surface area contributed by atoms with Crippen LogP contribution < -0.4 is 5.32 Å². The molecule has 3 aliphatic heterocycles. The molecule has 2 aromatic rings. The zero-order valence-corrected chi connectivity index (χ0v) is 13.4. The molecule has 3 saturated heterocycles. The molecule has 3 fully saturated rings. The molecule has 0 spiro atoms. The van der Waals surface area contributed by atoms with E-state index < -0.39 is 0 Å². The van der Waals surface area contributed by atoms with E-state index in [-0.39, 0.29) is 24.4 Å². The number of hydrogen-bond donors (Lipinski definition) is 1. The average molecular weight is 321 g/mol. The van der Waals surface area contributed by atoms with Crippen molar-refractivity contribution in [3.8, 4) is 0 Å². The predicted molar refractivity (Wildman–Crippen MR) is 88.5 cm³/mol. The SMILES string of the molecule is C[C@H]1[C@H](NC(=O)c2ccc3ccoc3c2)C2CCN1CC2.Cl. The predicted octanol–water partition coefficient (Wildman–Crippen LogP) is 3.07. The Labute approximate surface area is 136 Å². The summed E-state index contributed by atoms with van der Waals surface area (Å²) >= 11 is 0. The molecule has 1 aromatic carbocycles. The molecule has 5 rings (SSSR count). The van der Waals surface area contributed by atoms with Crippen molar-refractivity contribution < 1.29 is 9.21 Å². The standard InChI is InChI=1S/C17H20N2O2.ClH/c1-11-16(13-4-7-19(11)8-5-13)18-17(20)14-3-2-12-6-9-21-15(12)10-14;/h2-3,6,9-11,13,16H,4-5,7-8H2,1H3,(H,18,20);1H/t11-,16-;/m0./s1. The molecule has 0 saturated carbocycles. The highest BCUT2D eigenvalue weighted by atomic mass is 35.5. The number of benzene rings is 1. The van der Waals surface area contributed by atoms with Crippen LogP contribution in [0.5, 0.6) is 0 Å². The lowest BCUT2D eigenvalue weighted by molar-refractivity contribution is 0.0217. The van der Waals surface area contributed by atoms with E-state index in [0.717, 1.165) is 11.0 Å². The number of halogens is 1. The number of carbonyl (C=O) groups is 1. The number of hydrogen-bond acceptors (Lipinski definition) is 3. The van der Waals surface area contributed by atoms with Gasteiger partial charge >= 0.3 is 0 Å². The van der Waals surface area contributed by atoms with Gasteiger partial charge in [-0.15, -0.1) is 12.4 Å². The molecule has 4 nitrogen and oxygen atoms in total. The second-order valence-corrected chi connectivity index (χ2v) is 6.29. The van der Waals surface area contributed by atoms with Gasteiger partial charge in [0.15, 0.2) is 0 Å². The van der Waals surface area contributed by atoms with E-state index >= 15 is 0 Å². The van der Waals surface area contributed by atoms with Gasteiger partial charge in [-0.25, -0.2) is 0 Å². The summed E-state index contributed by atoms with van der Waals surface area (Å²) in [5, 5.41) is 4.28. The van der Waals surface area contributed by atoms with Crippen molar-refractivity contribution in [1.82, 2.24) is 10.2 Å². The Morgan fingerprint density at radius 2 is 2.05 bits per heavy atom. The van der Waals surface area contributed by atoms with E-state index in [0.29, 0.717) is 17.5 Å². The largest absolute Gasteiger partial charge is 0.464 e. The highest BCUT2D eigenvalue weighted by Crippen LogP contribution is 2.32. The highest BCUT2D eigenvalue weighted by molar-refractivity contribution is 5.97. The second kappa shape index (κ2) is 5.94. The van der Waals surface area contributed by atoms with Gasteiger partial charge in [-0.05, 0) is 57.0 Å². The summed E-state index contributed by atoms with van der Waals surface area (Å²) in [5.41, 5.74) is 1.45. The summed E-state index contributed by atoms with van der Waals surface area (Å²) in [4.78, 5) is 15.0. The first-order valence-corrected chi connectivity index (χ1v) is 7.74. The zero-order chi connectivity index (χ0) is 14.4. The van der Waals surface area contributed by atoms with Crippen molar-refractivity contribution in [2.75, 3.05) is 13.1 Å². The maximum atomic E-state index is 12.5. The first-order chi connectivity index (χ1) is 10.2. The van der Waals surface area contributed by atoms with E-state index in [9.17, 15) is 4.79 Å². The molecule has 2 bridgehead atoms. The minimum atomic E-state index is 0. The van der Waals surface area contributed by atoms with Gasteiger partial charge < -0.3 is 9.73 Å². The Morgan fingerprint density at radius 3 is 2.77 bits per heavy atom. The van der Waals surface area contributed by atoms with Gasteiger partial charge in [-0.2, -0.15) is 0 Å². The number of nitrogens with zero attached hydrogens (tertiary/aromatic N) is 1. The van der Waals surface area contributed by atoms with Crippen LogP contribution in [-0.2, 0) is 0 Å². The molecule has 2 atom stereocenters. The molecular weight excluding hydrogens is 300 g/mol. The van der Waals surface area contributed by atoms with E-state index in [4.69, 9.17) is 4.42 Å². The zero-order valence-electron chi connectivity index (χ0n) is 12.6. The van der Waals surface area contributed by atoms with Crippen LogP contribution in [-0.4, -0.2) is 36.0 Å². The molecule has 5 heteroatoms. The van der Waals surface area contributed by atoms with Crippen LogP contribution in [0.1, 0.15) is 30.1 Å². The summed E-state index contributed by atoms with van der Waals surface area (Å²) in [6.07, 6.45) is 4.06. The maximum absolute atomic E-state index is 12.5. The van der Waals surface area contributed by atoms with E-state index in [1.54, 1.807) is 6.26 Å². The Kier molecular flexibility index (Phi) is 4.15. The van der Waals surface area contributed by atoms with E-state index in [1.165, 1.54) is 25.9 Å². The van der Waals surface area contributed by atoms with Crippen LogP contribution in [0.15, 0.2) is 34.9 Å². The third kappa shape index (κ3) is 2.50. The van der Waals surface area contributed by atoms with Gasteiger partial charge in [-0.1, -0.05) is 6.07 Å². The molecule has 1 aromatic heterocycles. The summed E-state index contributed by atoms with van der Waals surface area (Å²) < 4.78 is 5.38. The van der Waals surface area contributed by atoms with Crippen molar-refractivity contribution in [2.45, 2.75) is 31.8 Å². The number of furan rings is 1. The van der Waals surface area contributed by atoms with Crippen molar-refractivity contribution in [1.29, 1.82) is 0 Å². The normalized spacial score (nSPS) is 30.0. The van der Waals surface area contributed by atoms with Crippen molar-refractivity contribution in [3.63, 3.8) is 0 Å². The Bertz CT molecular complexity index is 674. The molecule has 4 heterocycles. The first kappa shape index (κ1) is 15.4. The summed E-state index contributed by atoms with van der Waals surface area (Å²) in [6.45, 7) is 4.58.